The van der Waals surface area contributed by atoms with Gasteiger partial charge in [-0.2, -0.15) is 0 Å². The summed E-state index contributed by atoms with van der Waals surface area (Å²) in [5.41, 5.74) is 4.45. The van der Waals surface area contributed by atoms with Crippen molar-refractivity contribution in [2.45, 2.75) is 18.8 Å². The molecule has 0 aliphatic carbocycles. The maximum atomic E-state index is 5.54. The van der Waals surface area contributed by atoms with Crippen molar-refractivity contribution in [2.75, 3.05) is 25.1 Å². The minimum Gasteiger partial charge on any atom is -0.384 e. The van der Waals surface area contributed by atoms with Gasteiger partial charge in [0, 0.05) is 24.3 Å². The Morgan fingerprint density at radius 1 is 1.43 bits per heavy atom. The van der Waals surface area contributed by atoms with Gasteiger partial charge < -0.3 is 10.1 Å². The number of ether oxygens (including phenoxy) is 1. The fourth-order valence-electron chi connectivity index (χ4n) is 2.66. The summed E-state index contributed by atoms with van der Waals surface area (Å²) in [6.45, 7) is 5.01. The Morgan fingerprint density at radius 2 is 2.36 bits per heavy atom. The number of rotatable bonds is 0. The van der Waals surface area contributed by atoms with Gasteiger partial charge in [0.25, 0.3) is 0 Å². The predicted molar refractivity (Wildman–Crippen MR) is 56.8 cm³/mol. The molecule has 14 heavy (non-hydrogen) atoms. The molecular weight excluding hydrogens is 174 g/mol. The molecule has 0 amide bonds. The Hall–Kier alpha value is -1.02. The van der Waals surface area contributed by atoms with Crippen molar-refractivity contribution in [3.05, 3.63) is 29.3 Å². The Balaban J connectivity index is 2.14. The molecule has 1 aromatic carbocycles. The third-order valence-corrected chi connectivity index (χ3v) is 3.55. The van der Waals surface area contributed by atoms with Crippen molar-refractivity contribution in [2.24, 2.45) is 0 Å². The number of benzene rings is 1. The molecule has 0 aromatic heterocycles. The Kier molecular flexibility index (Phi) is 1.62. The van der Waals surface area contributed by atoms with Crippen LogP contribution in [-0.2, 0) is 10.2 Å². The number of aryl methyl sites for hydroxylation is 1. The standard InChI is InChI=1S/C12H15NO/c1-9-3-2-4-10-11(9)13-7-12(10)5-6-14-8-12/h2-4,13H,5-8H2,1H3. The molecule has 0 saturated carbocycles. The first-order chi connectivity index (χ1) is 6.82. The summed E-state index contributed by atoms with van der Waals surface area (Å²) in [4.78, 5) is 0. The van der Waals surface area contributed by atoms with Crippen molar-refractivity contribution in [3.63, 3.8) is 0 Å². The number of hydrogen-bond donors (Lipinski definition) is 1. The van der Waals surface area contributed by atoms with Gasteiger partial charge in [0.1, 0.15) is 0 Å². The van der Waals surface area contributed by atoms with Crippen molar-refractivity contribution in [1.82, 2.24) is 0 Å². The minimum absolute atomic E-state index is 0.279. The smallest absolute Gasteiger partial charge is 0.0581 e. The lowest BCUT2D eigenvalue weighted by Crippen LogP contribution is -2.28. The fraction of sp³-hybridized carbons (Fsp3) is 0.500. The Labute approximate surface area is 84.3 Å². The zero-order valence-corrected chi connectivity index (χ0v) is 8.47. The highest BCUT2D eigenvalue weighted by molar-refractivity contribution is 5.65. The van der Waals surface area contributed by atoms with Gasteiger partial charge in [-0.3, -0.25) is 0 Å². The van der Waals surface area contributed by atoms with Crippen LogP contribution in [0.5, 0.6) is 0 Å². The Morgan fingerprint density at radius 3 is 3.14 bits per heavy atom. The lowest BCUT2D eigenvalue weighted by atomic mass is 9.81. The zero-order chi connectivity index (χ0) is 9.60. The first kappa shape index (κ1) is 8.30. The monoisotopic (exact) mass is 189 g/mol. The summed E-state index contributed by atoms with van der Waals surface area (Å²) < 4.78 is 5.54. The summed E-state index contributed by atoms with van der Waals surface area (Å²) >= 11 is 0. The van der Waals surface area contributed by atoms with Crippen LogP contribution in [-0.4, -0.2) is 19.8 Å². The normalized spacial score (nSPS) is 29.2. The molecule has 1 fully saturated rings. The van der Waals surface area contributed by atoms with E-state index in [0.29, 0.717) is 0 Å². The molecule has 1 N–H and O–H groups in total. The van der Waals surface area contributed by atoms with Crippen molar-refractivity contribution in [1.29, 1.82) is 0 Å². The molecule has 2 aliphatic heterocycles. The first-order valence-corrected chi connectivity index (χ1v) is 5.24. The average molecular weight is 189 g/mol. The van der Waals surface area contributed by atoms with Crippen LogP contribution in [0, 0.1) is 6.92 Å². The van der Waals surface area contributed by atoms with Gasteiger partial charge in [-0.25, -0.2) is 0 Å². The molecule has 0 bridgehead atoms. The average Bonchev–Trinajstić information content (AvgIpc) is 2.78. The second-order valence-electron chi connectivity index (χ2n) is 4.43. The van der Waals surface area contributed by atoms with E-state index in [0.717, 1.165) is 26.2 Å². The van der Waals surface area contributed by atoms with Crippen LogP contribution < -0.4 is 5.32 Å². The van der Waals surface area contributed by atoms with Gasteiger partial charge in [-0.05, 0) is 24.5 Å². The molecule has 2 heterocycles. The molecule has 0 radical (unpaired) electrons. The zero-order valence-electron chi connectivity index (χ0n) is 8.47. The van der Waals surface area contributed by atoms with Gasteiger partial charge in [0.05, 0.1) is 6.61 Å². The third kappa shape index (κ3) is 0.947. The Bertz CT molecular complexity index is 367. The molecule has 3 rings (SSSR count). The largest absolute Gasteiger partial charge is 0.384 e. The molecule has 1 aromatic rings. The van der Waals surface area contributed by atoms with E-state index in [4.69, 9.17) is 4.74 Å². The third-order valence-electron chi connectivity index (χ3n) is 3.55. The van der Waals surface area contributed by atoms with Crippen LogP contribution >= 0.6 is 0 Å². The predicted octanol–water partition coefficient (Wildman–Crippen LogP) is 2.08. The van der Waals surface area contributed by atoms with E-state index in [1.807, 2.05) is 0 Å². The highest BCUT2D eigenvalue weighted by atomic mass is 16.5. The summed E-state index contributed by atoms with van der Waals surface area (Å²) in [5.74, 6) is 0. The lowest BCUT2D eigenvalue weighted by Gasteiger charge is -2.20. The van der Waals surface area contributed by atoms with Crippen molar-refractivity contribution < 1.29 is 4.74 Å². The molecule has 1 unspecified atom stereocenters. The highest BCUT2D eigenvalue weighted by Crippen LogP contribution is 2.43. The van der Waals surface area contributed by atoms with Gasteiger partial charge in [0.15, 0.2) is 0 Å². The van der Waals surface area contributed by atoms with E-state index < -0.39 is 0 Å². The van der Waals surface area contributed by atoms with Gasteiger partial charge in [-0.15, -0.1) is 0 Å². The second-order valence-corrected chi connectivity index (χ2v) is 4.43. The van der Waals surface area contributed by atoms with Crippen molar-refractivity contribution >= 4 is 5.69 Å². The van der Waals surface area contributed by atoms with E-state index in [1.165, 1.54) is 16.8 Å². The van der Waals surface area contributed by atoms with Crippen LogP contribution in [0.4, 0.5) is 5.69 Å². The van der Waals surface area contributed by atoms with E-state index >= 15 is 0 Å². The molecule has 1 spiro atoms. The number of fused-ring (bicyclic) bond motifs is 2. The SMILES string of the molecule is Cc1cccc2c1NCC21CCOC1. The fourth-order valence-corrected chi connectivity index (χ4v) is 2.66. The van der Waals surface area contributed by atoms with Gasteiger partial charge >= 0.3 is 0 Å². The van der Waals surface area contributed by atoms with E-state index in [-0.39, 0.29) is 5.41 Å². The number of hydrogen-bond acceptors (Lipinski definition) is 2. The summed E-state index contributed by atoms with van der Waals surface area (Å²) in [6.07, 6.45) is 1.16. The molecule has 1 saturated heterocycles. The molecule has 74 valence electrons. The van der Waals surface area contributed by atoms with Crippen LogP contribution in [0.2, 0.25) is 0 Å². The second kappa shape index (κ2) is 2.74. The molecule has 2 nitrogen and oxygen atoms in total. The minimum atomic E-state index is 0.279. The maximum absolute atomic E-state index is 5.54. The molecule has 2 aliphatic rings. The number of para-hydroxylation sites is 1. The molecule has 2 heteroatoms. The van der Waals surface area contributed by atoms with Crippen molar-refractivity contribution in [3.8, 4) is 0 Å². The topological polar surface area (TPSA) is 21.3 Å². The van der Waals surface area contributed by atoms with Crippen LogP contribution in [0.1, 0.15) is 17.5 Å². The summed E-state index contributed by atoms with van der Waals surface area (Å²) in [7, 11) is 0. The summed E-state index contributed by atoms with van der Waals surface area (Å²) in [6, 6.07) is 6.57. The number of anilines is 1. The summed E-state index contributed by atoms with van der Waals surface area (Å²) in [5, 5.41) is 3.52. The first-order valence-electron chi connectivity index (χ1n) is 5.24. The lowest BCUT2D eigenvalue weighted by molar-refractivity contribution is 0.181. The van der Waals surface area contributed by atoms with E-state index in [9.17, 15) is 0 Å². The number of nitrogens with one attached hydrogen (secondary N) is 1. The van der Waals surface area contributed by atoms with Gasteiger partial charge in [0.2, 0.25) is 0 Å². The highest BCUT2D eigenvalue weighted by Gasteiger charge is 2.42. The molecule has 1 atom stereocenters. The maximum Gasteiger partial charge on any atom is 0.0581 e. The van der Waals surface area contributed by atoms with E-state index in [1.54, 1.807) is 0 Å². The van der Waals surface area contributed by atoms with Crippen LogP contribution in [0.25, 0.3) is 0 Å². The molecular formula is C12H15NO. The van der Waals surface area contributed by atoms with Gasteiger partial charge in [-0.1, -0.05) is 18.2 Å². The van der Waals surface area contributed by atoms with Crippen LogP contribution in [0.3, 0.4) is 0 Å². The van der Waals surface area contributed by atoms with E-state index in [2.05, 4.69) is 30.4 Å². The van der Waals surface area contributed by atoms with Crippen LogP contribution in [0.15, 0.2) is 18.2 Å². The quantitative estimate of drug-likeness (QED) is 0.674.